The quantitative estimate of drug-likeness (QED) is 0.741. The van der Waals surface area contributed by atoms with Crippen LogP contribution in [0.1, 0.15) is 38.2 Å². The number of aromatic nitrogens is 1. The molecule has 7 heteroatoms. The zero-order valence-electron chi connectivity index (χ0n) is 16.2. The number of unbranched alkanes of at least 4 members (excludes halogenated alkanes) is 1. The van der Waals surface area contributed by atoms with E-state index in [2.05, 4.69) is 17.2 Å². The van der Waals surface area contributed by atoms with Gasteiger partial charge in [0.25, 0.3) is 0 Å². The number of methoxy groups -OCH3 is 1. The molecule has 7 nitrogen and oxygen atoms in total. The number of anilines is 1. The van der Waals surface area contributed by atoms with E-state index >= 15 is 0 Å². The third-order valence-corrected chi connectivity index (χ3v) is 4.57. The van der Waals surface area contributed by atoms with Gasteiger partial charge in [-0.15, -0.1) is 0 Å². The normalized spacial score (nSPS) is 12.3. The lowest BCUT2D eigenvalue weighted by Crippen LogP contribution is -2.32. The molecular formula is C21H25N3O4. The monoisotopic (exact) mass is 383 g/mol. The molecule has 0 fully saturated rings. The Labute approximate surface area is 164 Å². The van der Waals surface area contributed by atoms with E-state index in [1.54, 1.807) is 36.4 Å². The van der Waals surface area contributed by atoms with E-state index in [1.165, 1.54) is 0 Å². The predicted octanol–water partition coefficient (Wildman–Crippen LogP) is 3.43. The number of fused-ring (bicyclic) bond motifs is 2. The van der Waals surface area contributed by atoms with Crippen LogP contribution in [0.5, 0.6) is 17.4 Å². The lowest BCUT2D eigenvalue weighted by Gasteiger charge is -2.21. The summed E-state index contributed by atoms with van der Waals surface area (Å²) in [6.45, 7) is 3.03. The van der Waals surface area contributed by atoms with E-state index in [4.69, 9.17) is 9.47 Å². The Balaban J connectivity index is 1.80. The van der Waals surface area contributed by atoms with Gasteiger partial charge in [-0.05, 0) is 24.6 Å². The fourth-order valence-corrected chi connectivity index (χ4v) is 3.05. The molecule has 0 spiro atoms. The lowest BCUT2D eigenvalue weighted by atomic mass is 10.1. The van der Waals surface area contributed by atoms with Gasteiger partial charge in [0.1, 0.15) is 5.69 Å². The zero-order valence-corrected chi connectivity index (χ0v) is 16.2. The standard InChI is InChI=1S/C21H25N3O4/c1-3-4-12-22-18(25)10-11-19(26)24-14-15-7-5-9-17(27-2)20(15)28-21-16(24)8-6-13-23-21/h5-9,13H,3-4,10-12,14H2,1-2H3,(H,22,25). The van der Waals surface area contributed by atoms with Gasteiger partial charge >= 0.3 is 0 Å². The van der Waals surface area contributed by atoms with Gasteiger partial charge in [-0.1, -0.05) is 25.5 Å². The van der Waals surface area contributed by atoms with Crippen LogP contribution in [0.4, 0.5) is 5.69 Å². The summed E-state index contributed by atoms with van der Waals surface area (Å²) in [4.78, 5) is 30.8. The van der Waals surface area contributed by atoms with Gasteiger partial charge in [0.15, 0.2) is 11.5 Å². The molecule has 1 aliphatic rings. The van der Waals surface area contributed by atoms with Crippen LogP contribution in [0.3, 0.4) is 0 Å². The Morgan fingerprint density at radius 2 is 2.11 bits per heavy atom. The number of para-hydroxylation sites is 1. The summed E-state index contributed by atoms with van der Waals surface area (Å²) in [5.74, 6) is 1.21. The minimum Gasteiger partial charge on any atom is -0.493 e. The molecule has 1 aromatic heterocycles. The largest absolute Gasteiger partial charge is 0.493 e. The highest BCUT2D eigenvalue weighted by Crippen LogP contribution is 2.42. The third-order valence-electron chi connectivity index (χ3n) is 4.57. The Morgan fingerprint density at radius 1 is 1.25 bits per heavy atom. The van der Waals surface area contributed by atoms with Crippen molar-refractivity contribution in [2.45, 2.75) is 39.2 Å². The summed E-state index contributed by atoms with van der Waals surface area (Å²) in [5, 5.41) is 2.84. The van der Waals surface area contributed by atoms with E-state index in [9.17, 15) is 9.59 Å². The van der Waals surface area contributed by atoms with Gasteiger partial charge < -0.3 is 19.7 Å². The maximum Gasteiger partial charge on any atom is 0.243 e. The van der Waals surface area contributed by atoms with Gasteiger partial charge in [-0.25, -0.2) is 4.98 Å². The lowest BCUT2D eigenvalue weighted by molar-refractivity contribution is -0.125. The summed E-state index contributed by atoms with van der Waals surface area (Å²) in [7, 11) is 1.57. The van der Waals surface area contributed by atoms with Crippen LogP contribution >= 0.6 is 0 Å². The molecule has 0 atom stereocenters. The van der Waals surface area contributed by atoms with E-state index in [-0.39, 0.29) is 24.7 Å². The molecule has 1 N–H and O–H groups in total. The van der Waals surface area contributed by atoms with Gasteiger partial charge in [0.2, 0.25) is 17.7 Å². The van der Waals surface area contributed by atoms with Gasteiger partial charge in [0, 0.05) is 31.1 Å². The highest BCUT2D eigenvalue weighted by Gasteiger charge is 2.27. The first-order valence-corrected chi connectivity index (χ1v) is 9.49. The molecule has 2 amide bonds. The maximum atomic E-state index is 12.9. The van der Waals surface area contributed by atoms with Crippen molar-refractivity contribution < 1.29 is 19.1 Å². The van der Waals surface area contributed by atoms with E-state index in [0.29, 0.717) is 36.2 Å². The van der Waals surface area contributed by atoms with Crippen LogP contribution in [-0.2, 0) is 16.1 Å². The number of hydrogen-bond donors (Lipinski definition) is 1. The molecule has 2 heterocycles. The molecule has 0 radical (unpaired) electrons. The highest BCUT2D eigenvalue weighted by molar-refractivity contribution is 5.96. The molecular weight excluding hydrogens is 358 g/mol. The van der Waals surface area contributed by atoms with Crippen molar-refractivity contribution >= 4 is 17.5 Å². The van der Waals surface area contributed by atoms with E-state index < -0.39 is 0 Å². The molecule has 0 bridgehead atoms. The zero-order chi connectivity index (χ0) is 19.9. The van der Waals surface area contributed by atoms with Crippen LogP contribution in [0.2, 0.25) is 0 Å². The Hall–Kier alpha value is -3.09. The molecule has 28 heavy (non-hydrogen) atoms. The van der Waals surface area contributed by atoms with Gasteiger partial charge in [0.05, 0.1) is 13.7 Å². The Kier molecular flexibility index (Phi) is 6.47. The fourth-order valence-electron chi connectivity index (χ4n) is 3.05. The minimum absolute atomic E-state index is 0.110. The molecule has 0 saturated heterocycles. The number of carbonyl (C=O) groups is 2. The summed E-state index contributed by atoms with van der Waals surface area (Å²) in [6, 6.07) is 9.10. The number of rotatable bonds is 7. The number of nitrogens with zero attached hydrogens (tertiary/aromatic N) is 2. The molecule has 0 unspecified atom stereocenters. The number of carbonyl (C=O) groups excluding carboxylic acids is 2. The average Bonchev–Trinajstić information content (AvgIpc) is 2.89. The summed E-state index contributed by atoms with van der Waals surface area (Å²) in [6.07, 6.45) is 3.83. The topological polar surface area (TPSA) is 80.8 Å². The van der Waals surface area contributed by atoms with Crippen molar-refractivity contribution in [1.82, 2.24) is 10.3 Å². The second-order valence-electron chi connectivity index (χ2n) is 6.56. The number of hydrogen-bond acceptors (Lipinski definition) is 5. The fraction of sp³-hybridized carbons (Fsp3) is 0.381. The van der Waals surface area contributed by atoms with Crippen LogP contribution < -0.4 is 19.7 Å². The molecule has 0 saturated carbocycles. The first-order valence-electron chi connectivity index (χ1n) is 9.49. The van der Waals surface area contributed by atoms with Crippen molar-refractivity contribution in [1.29, 1.82) is 0 Å². The number of pyridine rings is 1. The number of amides is 2. The summed E-state index contributed by atoms with van der Waals surface area (Å²) >= 11 is 0. The SMILES string of the molecule is CCCCNC(=O)CCC(=O)N1Cc2cccc(OC)c2Oc2ncccc21. The van der Waals surface area contributed by atoms with Crippen LogP contribution in [0.25, 0.3) is 0 Å². The second kappa shape index (κ2) is 9.21. The third kappa shape index (κ3) is 4.42. The van der Waals surface area contributed by atoms with Crippen LogP contribution in [-0.4, -0.2) is 30.5 Å². The number of ether oxygens (including phenoxy) is 2. The van der Waals surface area contributed by atoms with Gasteiger partial charge in [-0.3, -0.25) is 9.59 Å². The van der Waals surface area contributed by atoms with Gasteiger partial charge in [-0.2, -0.15) is 0 Å². The Bertz CT molecular complexity index is 853. The van der Waals surface area contributed by atoms with E-state index in [0.717, 1.165) is 18.4 Å². The molecule has 148 valence electrons. The molecule has 2 aromatic rings. The van der Waals surface area contributed by atoms with E-state index in [1.807, 2.05) is 12.1 Å². The summed E-state index contributed by atoms with van der Waals surface area (Å²) < 4.78 is 11.4. The highest BCUT2D eigenvalue weighted by atomic mass is 16.5. The van der Waals surface area contributed by atoms with Crippen LogP contribution in [0, 0.1) is 0 Å². The van der Waals surface area contributed by atoms with Crippen molar-refractivity contribution in [3.8, 4) is 17.4 Å². The molecule has 0 aliphatic carbocycles. The average molecular weight is 383 g/mol. The Morgan fingerprint density at radius 3 is 2.89 bits per heavy atom. The smallest absolute Gasteiger partial charge is 0.243 e. The first kappa shape index (κ1) is 19.7. The molecule has 1 aromatic carbocycles. The summed E-state index contributed by atoms with van der Waals surface area (Å²) in [5.41, 5.74) is 1.40. The maximum absolute atomic E-state index is 12.9. The van der Waals surface area contributed by atoms with Crippen LogP contribution in [0.15, 0.2) is 36.5 Å². The predicted molar refractivity (Wildman–Crippen MR) is 106 cm³/mol. The van der Waals surface area contributed by atoms with Crippen molar-refractivity contribution in [3.05, 3.63) is 42.1 Å². The second-order valence-corrected chi connectivity index (χ2v) is 6.56. The first-order chi connectivity index (χ1) is 13.6. The molecule has 3 rings (SSSR count). The number of nitrogens with one attached hydrogen (secondary N) is 1. The molecule has 1 aliphatic heterocycles. The van der Waals surface area contributed by atoms with Crippen molar-refractivity contribution in [2.75, 3.05) is 18.6 Å². The van der Waals surface area contributed by atoms with Crippen molar-refractivity contribution in [3.63, 3.8) is 0 Å². The number of benzene rings is 1. The minimum atomic E-state index is -0.154. The van der Waals surface area contributed by atoms with Crippen molar-refractivity contribution in [2.24, 2.45) is 0 Å².